The van der Waals surface area contributed by atoms with Gasteiger partial charge < -0.3 is 14.2 Å². The number of esters is 3. The number of carbonyl (C=O) groups excluding carboxylic acids is 3. The third-order valence-corrected chi connectivity index (χ3v) is 15.7. The van der Waals surface area contributed by atoms with Crippen molar-refractivity contribution in [1.82, 2.24) is 0 Å². The summed E-state index contributed by atoms with van der Waals surface area (Å²) >= 11 is 0. The van der Waals surface area contributed by atoms with E-state index in [4.69, 9.17) is 14.2 Å². The van der Waals surface area contributed by atoms with E-state index in [1.165, 1.54) is 250 Å². The van der Waals surface area contributed by atoms with Gasteiger partial charge in [-0.15, -0.1) is 0 Å². The van der Waals surface area contributed by atoms with Crippen LogP contribution in [0.2, 0.25) is 0 Å². The van der Waals surface area contributed by atoms with Gasteiger partial charge in [0.15, 0.2) is 6.10 Å². The van der Waals surface area contributed by atoms with Gasteiger partial charge in [-0.05, 0) is 89.9 Å². The zero-order valence-corrected chi connectivity index (χ0v) is 53.6. The predicted octanol–water partition coefficient (Wildman–Crippen LogP) is 24.3. The number of ether oxygens (including phenoxy) is 3. The van der Waals surface area contributed by atoms with Gasteiger partial charge in [-0.1, -0.05) is 326 Å². The van der Waals surface area contributed by atoms with E-state index in [1.54, 1.807) is 0 Å². The molecule has 6 heteroatoms. The van der Waals surface area contributed by atoms with E-state index in [2.05, 4.69) is 81.5 Å². The SMILES string of the molecule is CCCCCCC/C=C\C/C=C\C/C=C\CCCCCCCCCCC(=O)OC(COC(=O)CCCCCCCC)COC(=O)CCCCCCCCCCCCCCCCCCCCCCC/C=C\C/C=C\CCCCCCC. The summed E-state index contributed by atoms with van der Waals surface area (Å²) in [5, 5.41) is 0. The van der Waals surface area contributed by atoms with Gasteiger partial charge in [-0.3, -0.25) is 14.4 Å². The van der Waals surface area contributed by atoms with Crippen molar-refractivity contribution in [2.75, 3.05) is 13.2 Å². The largest absolute Gasteiger partial charge is 0.462 e. The number of rotatable bonds is 65. The van der Waals surface area contributed by atoms with Crippen molar-refractivity contribution in [1.29, 1.82) is 0 Å². The van der Waals surface area contributed by atoms with Crippen LogP contribution >= 0.6 is 0 Å². The summed E-state index contributed by atoms with van der Waals surface area (Å²) in [6, 6.07) is 0. The lowest BCUT2D eigenvalue weighted by atomic mass is 10.0. The first kappa shape index (κ1) is 77.1. The van der Waals surface area contributed by atoms with E-state index in [0.717, 1.165) is 83.5 Å². The smallest absolute Gasteiger partial charge is 0.306 e. The van der Waals surface area contributed by atoms with Gasteiger partial charge in [-0.25, -0.2) is 0 Å². The maximum atomic E-state index is 12.9. The monoisotopic (exact) mass is 1120 g/mol. The molecule has 0 aliphatic heterocycles. The molecule has 0 saturated heterocycles. The van der Waals surface area contributed by atoms with Crippen molar-refractivity contribution in [2.24, 2.45) is 0 Å². The highest BCUT2D eigenvalue weighted by Crippen LogP contribution is 2.18. The lowest BCUT2D eigenvalue weighted by molar-refractivity contribution is -0.167. The molecule has 0 N–H and O–H groups in total. The van der Waals surface area contributed by atoms with Crippen LogP contribution in [0, 0.1) is 0 Å². The number of hydrogen-bond acceptors (Lipinski definition) is 6. The van der Waals surface area contributed by atoms with E-state index in [-0.39, 0.29) is 31.1 Å². The van der Waals surface area contributed by atoms with Crippen LogP contribution in [0.3, 0.4) is 0 Å². The van der Waals surface area contributed by atoms with Gasteiger partial charge in [0, 0.05) is 19.3 Å². The van der Waals surface area contributed by atoms with Crippen molar-refractivity contribution in [3.63, 3.8) is 0 Å². The second-order valence-corrected chi connectivity index (χ2v) is 23.8. The molecule has 0 rings (SSSR count). The van der Waals surface area contributed by atoms with E-state index in [1.807, 2.05) is 0 Å². The molecule has 1 unspecified atom stereocenters. The molecule has 1 atom stereocenters. The van der Waals surface area contributed by atoms with Crippen LogP contribution in [0.1, 0.15) is 374 Å². The normalized spacial score (nSPS) is 12.4. The van der Waals surface area contributed by atoms with Gasteiger partial charge in [-0.2, -0.15) is 0 Å². The quantitative estimate of drug-likeness (QED) is 0.0261. The molecule has 0 amide bonds. The fraction of sp³-hybridized carbons (Fsp3) is 0.824. The van der Waals surface area contributed by atoms with E-state index < -0.39 is 6.10 Å². The molecular formula is C74H134O6. The number of unbranched alkanes of at least 4 members (excludes halogenated alkanes) is 44. The Kier molecular flexibility index (Phi) is 66.1. The predicted molar refractivity (Wildman–Crippen MR) is 348 cm³/mol. The summed E-state index contributed by atoms with van der Waals surface area (Å²) < 4.78 is 16.8. The molecule has 0 aliphatic carbocycles. The average Bonchev–Trinajstić information content (AvgIpc) is 3.46. The van der Waals surface area contributed by atoms with Crippen LogP contribution in [0.4, 0.5) is 0 Å². The summed E-state index contributed by atoms with van der Waals surface area (Å²) in [7, 11) is 0. The molecule has 0 saturated carbocycles. The Labute approximate surface area is 498 Å². The highest BCUT2D eigenvalue weighted by molar-refractivity contribution is 5.71. The topological polar surface area (TPSA) is 78.9 Å². The van der Waals surface area contributed by atoms with Gasteiger partial charge in [0.05, 0.1) is 0 Å². The first-order valence-corrected chi connectivity index (χ1v) is 35.3. The molecule has 80 heavy (non-hydrogen) atoms. The lowest BCUT2D eigenvalue weighted by Crippen LogP contribution is -2.30. The van der Waals surface area contributed by atoms with Crippen LogP contribution in [0.5, 0.6) is 0 Å². The van der Waals surface area contributed by atoms with E-state index in [9.17, 15) is 14.4 Å². The third-order valence-electron chi connectivity index (χ3n) is 15.7. The third kappa shape index (κ3) is 65.9. The van der Waals surface area contributed by atoms with Crippen LogP contribution in [0.25, 0.3) is 0 Å². The molecular weight excluding hydrogens is 985 g/mol. The minimum absolute atomic E-state index is 0.0733. The van der Waals surface area contributed by atoms with Crippen LogP contribution in [0.15, 0.2) is 60.8 Å². The highest BCUT2D eigenvalue weighted by Gasteiger charge is 2.19. The Bertz CT molecular complexity index is 1430. The molecule has 0 bridgehead atoms. The molecule has 0 aromatic heterocycles. The minimum Gasteiger partial charge on any atom is -0.462 e. The highest BCUT2D eigenvalue weighted by atomic mass is 16.6. The second-order valence-electron chi connectivity index (χ2n) is 23.8. The van der Waals surface area contributed by atoms with Gasteiger partial charge in [0.2, 0.25) is 0 Å². The van der Waals surface area contributed by atoms with Gasteiger partial charge >= 0.3 is 17.9 Å². The number of hydrogen-bond donors (Lipinski definition) is 0. The number of carbonyl (C=O) groups is 3. The Balaban J connectivity index is 3.98. The first-order chi connectivity index (χ1) is 39.5. The van der Waals surface area contributed by atoms with Crippen molar-refractivity contribution in [3.05, 3.63) is 60.8 Å². The molecule has 0 fully saturated rings. The Morgan fingerprint density at radius 2 is 0.450 bits per heavy atom. The average molecular weight is 1120 g/mol. The van der Waals surface area contributed by atoms with Crippen molar-refractivity contribution in [2.45, 2.75) is 380 Å². The van der Waals surface area contributed by atoms with Crippen molar-refractivity contribution < 1.29 is 28.6 Å². The van der Waals surface area contributed by atoms with Crippen LogP contribution in [-0.2, 0) is 28.6 Å². The Morgan fingerprint density at radius 3 is 0.700 bits per heavy atom. The minimum atomic E-state index is -0.774. The van der Waals surface area contributed by atoms with E-state index in [0.29, 0.717) is 19.3 Å². The molecule has 0 aliphatic rings. The zero-order chi connectivity index (χ0) is 57.8. The van der Waals surface area contributed by atoms with Crippen LogP contribution in [-0.4, -0.2) is 37.2 Å². The van der Waals surface area contributed by atoms with Crippen LogP contribution < -0.4 is 0 Å². The Morgan fingerprint density at radius 1 is 0.250 bits per heavy atom. The summed E-state index contributed by atoms with van der Waals surface area (Å²) in [6.07, 6.45) is 88.7. The molecule has 466 valence electrons. The molecule has 0 heterocycles. The summed E-state index contributed by atoms with van der Waals surface area (Å²) in [6.45, 7) is 6.60. The number of allylic oxidation sites excluding steroid dienone is 10. The maximum absolute atomic E-state index is 12.9. The van der Waals surface area contributed by atoms with Gasteiger partial charge in [0.25, 0.3) is 0 Å². The van der Waals surface area contributed by atoms with Gasteiger partial charge in [0.1, 0.15) is 13.2 Å². The molecule has 0 radical (unpaired) electrons. The van der Waals surface area contributed by atoms with Crippen molar-refractivity contribution >= 4 is 17.9 Å². The molecule has 0 spiro atoms. The maximum Gasteiger partial charge on any atom is 0.306 e. The zero-order valence-electron chi connectivity index (χ0n) is 53.6. The molecule has 0 aromatic carbocycles. The fourth-order valence-electron chi connectivity index (χ4n) is 10.4. The van der Waals surface area contributed by atoms with Crippen molar-refractivity contribution in [3.8, 4) is 0 Å². The summed E-state index contributed by atoms with van der Waals surface area (Å²) in [5.41, 5.74) is 0. The Hall–Kier alpha value is -2.89. The molecule has 6 nitrogen and oxygen atoms in total. The second kappa shape index (κ2) is 68.6. The van der Waals surface area contributed by atoms with E-state index >= 15 is 0 Å². The lowest BCUT2D eigenvalue weighted by Gasteiger charge is -2.18. The summed E-state index contributed by atoms with van der Waals surface area (Å²) in [4.78, 5) is 38.1. The molecule has 0 aromatic rings. The summed E-state index contributed by atoms with van der Waals surface area (Å²) in [5.74, 6) is -0.871. The fourth-order valence-corrected chi connectivity index (χ4v) is 10.4. The first-order valence-electron chi connectivity index (χ1n) is 35.3. The standard InChI is InChI=1S/C74H134O6/c1-4-7-10-13-16-18-20-22-24-26-28-30-32-33-34-35-36-37-38-39-40-41-43-44-46-48-50-52-54-56-58-61-64-67-73(76)79-70-71(69-78-72(75)66-63-60-15-12-9-6-3)80-74(77)68-65-62-59-57-55-53-51-49-47-45-42-31-29-27-25-23-21-19-17-14-11-8-5-2/h20-23,26-29,42,45,71H,4-19,24-25,30-41,43-44,46-70H2,1-3H3/b22-20-,23-21-,28-26-,29-27-,45-42-.